The summed E-state index contributed by atoms with van der Waals surface area (Å²) in [6.45, 7) is 1.10. The lowest BCUT2D eigenvalue weighted by molar-refractivity contribution is 0.113. The van der Waals surface area contributed by atoms with Gasteiger partial charge in [-0.2, -0.15) is 0 Å². The molecular weight excluding hydrogens is 238 g/mol. The van der Waals surface area contributed by atoms with E-state index in [2.05, 4.69) is 17.4 Å². The van der Waals surface area contributed by atoms with E-state index in [0.29, 0.717) is 12.1 Å². The first kappa shape index (κ1) is 12.8. The Hall–Kier alpha value is -1.22. The van der Waals surface area contributed by atoms with Crippen LogP contribution >= 0.6 is 0 Å². The molecule has 104 valence electrons. The number of benzene rings is 1. The topological polar surface area (TPSA) is 30.5 Å². The Morgan fingerprint density at radius 2 is 2.00 bits per heavy atom. The zero-order chi connectivity index (χ0) is 13.1. The van der Waals surface area contributed by atoms with Crippen LogP contribution in [0.15, 0.2) is 18.2 Å². The number of ether oxygens (including phenoxy) is 2. The molecule has 0 bridgehead atoms. The van der Waals surface area contributed by atoms with E-state index in [0.717, 1.165) is 18.0 Å². The molecule has 0 spiro atoms. The molecule has 1 aliphatic carbocycles. The molecule has 3 nitrogen and oxygen atoms in total. The van der Waals surface area contributed by atoms with Crippen molar-refractivity contribution in [1.29, 1.82) is 0 Å². The third-order valence-electron chi connectivity index (χ3n) is 4.25. The summed E-state index contributed by atoms with van der Waals surface area (Å²) in [5, 5.41) is 3.60. The van der Waals surface area contributed by atoms with E-state index in [9.17, 15) is 0 Å². The van der Waals surface area contributed by atoms with Gasteiger partial charge in [-0.15, -0.1) is 0 Å². The molecule has 2 aliphatic rings. The molecule has 0 amide bonds. The van der Waals surface area contributed by atoms with Crippen LogP contribution in [0.2, 0.25) is 0 Å². The van der Waals surface area contributed by atoms with Gasteiger partial charge in [0.1, 0.15) is 0 Å². The van der Waals surface area contributed by atoms with Crippen LogP contribution < -0.4 is 14.8 Å². The second-order valence-corrected chi connectivity index (χ2v) is 5.55. The highest BCUT2D eigenvalue weighted by molar-refractivity contribution is 5.48. The highest BCUT2D eigenvalue weighted by Gasteiger charge is 2.26. The van der Waals surface area contributed by atoms with Crippen LogP contribution in [0.1, 0.15) is 50.1 Å². The summed E-state index contributed by atoms with van der Waals surface area (Å²) in [4.78, 5) is 0. The van der Waals surface area contributed by atoms with Gasteiger partial charge in [-0.1, -0.05) is 18.6 Å². The molecule has 1 N–H and O–H groups in total. The van der Waals surface area contributed by atoms with Gasteiger partial charge in [-0.05, 0) is 44.7 Å². The maximum absolute atomic E-state index is 6.19. The number of hydrogen-bond acceptors (Lipinski definition) is 3. The average Bonchev–Trinajstić information content (AvgIpc) is 2.43. The van der Waals surface area contributed by atoms with Crippen molar-refractivity contribution in [1.82, 2.24) is 5.32 Å². The van der Waals surface area contributed by atoms with Gasteiger partial charge in [0.25, 0.3) is 0 Å². The first-order chi connectivity index (χ1) is 9.38. The number of rotatable bonds is 4. The van der Waals surface area contributed by atoms with Crippen molar-refractivity contribution in [3.63, 3.8) is 0 Å². The van der Waals surface area contributed by atoms with Gasteiger partial charge in [0, 0.05) is 11.6 Å². The van der Waals surface area contributed by atoms with Gasteiger partial charge in [0.05, 0.1) is 13.2 Å². The molecule has 1 atom stereocenters. The van der Waals surface area contributed by atoms with Crippen molar-refractivity contribution >= 4 is 0 Å². The molecule has 1 aromatic carbocycles. The average molecular weight is 261 g/mol. The largest absolute Gasteiger partial charge is 0.493 e. The van der Waals surface area contributed by atoms with Crippen molar-refractivity contribution in [2.75, 3.05) is 13.7 Å². The van der Waals surface area contributed by atoms with Gasteiger partial charge in [-0.25, -0.2) is 0 Å². The SMILES string of the molecule is COc1cccc(C2CCCCN2)c1OC1CCC1. The molecule has 0 aromatic heterocycles. The van der Waals surface area contributed by atoms with E-state index in [4.69, 9.17) is 9.47 Å². The van der Waals surface area contributed by atoms with Crippen molar-refractivity contribution in [2.45, 2.75) is 50.7 Å². The molecule has 3 rings (SSSR count). The molecule has 1 heterocycles. The summed E-state index contributed by atoms with van der Waals surface area (Å²) >= 11 is 0. The number of hydrogen-bond donors (Lipinski definition) is 1. The fourth-order valence-electron chi connectivity index (χ4n) is 2.87. The van der Waals surface area contributed by atoms with Gasteiger partial charge in [-0.3, -0.25) is 0 Å². The Labute approximate surface area is 115 Å². The molecule has 1 saturated heterocycles. The van der Waals surface area contributed by atoms with E-state index in [1.54, 1.807) is 7.11 Å². The van der Waals surface area contributed by atoms with Crippen LogP contribution in [0.5, 0.6) is 11.5 Å². The minimum Gasteiger partial charge on any atom is -0.493 e. The van der Waals surface area contributed by atoms with E-state index < -0.39 is 0 Å². The van der Waals surface area contributed by atoms with Gasteiger partial charge in [0.15, 0.2) is 11.5 Å². The normalized spacial score (nSPS) is 23.7. The highest BCUT2D eigenvalue weighted by atomic mass is 16.5. The Morgan fingerprint density at radius 1 is 1.11 bits per heavy atom. The maximum atomic E-state index is 6.19. The molecule has 1 aliphatic heterocycles. The fourth-order valence-corrected chi connectivity index (χ4v) is 2.87. The third-order valence-corrected chi connectivity index (χ3v) is 4.25. The quantitative estimate of drug-likeness (QED) is 0.900. The second kappa shape index (κ2) is 5.83. The molecule has 0 radical (unpaired) electrons. The first-order valence-electron chi connectivity index (χ1n) is 7.45. The van der Waals surface area contributed by atoms with Crippen molar-refractivity contribution in [2.24, 2.45) is 0 Å². The van der Waals surface area contributed by atoms with E-state index in [-0.39, 0.29) is 0 Å². The van der Waals surface area contributed by atoms with E-state index in [1.807, 2.05) is 6.07 Å². The number of piperidine rings is 1. The minimum atomic E-state index is 0.388. The standard InChI is InChI=1S/C16H23NO2/c1-18-15-10-5-8-13(14-9-2-3-11-17-14)16(15)19-12-6-4-7-12/h5,8,10,12,14,17H,2-4,6-7,9,11H2,1H3. The zero-order valence-electron chi connectivity index (χ0n) is 11.7. The Balaban J connectivity index is 1.87. The summed E-state index contributed by atoms with van der Waals surface area (Å²) in [6, 6.07) is 6.66. The predicted octanol–water partition coefficient (Wildman–Crippen LogP) is 3.44. The van der Waals surface area contributed by atoms with Crippen LogP contribution in [-0.2, 0) is 0 Å². The molecule has 1 saturated carbocycles. The summed E-state index contributed by atoms with van der Waals surface area (Å²) in [5.41, 5.74) is 1.27. The maximum Gasteiger partial charge on any atom is 0.166 e. The van der Waals surface area contributed by atoms with E-state index >= 15 is 0 Å². The molecular formula is C16H23NO2. The lowest BCUT2D eigenvalue weighted by atomic mass is 9.94. The predicted molar refractivity (Wildman–Crippen MR) is 75.9 cm³/mol. The zero-order valence-corrected chi connectivity index (χ0v) is 11.7. The van der Waals surface area contributed by atoms with Crippen molar-refractivity contribution in [3.8, 4) is 11.5 Å². The highest BCUT2D eigenvalue weighted by Crippen LogP contribution is 2.40. The van der Waals surface area contributed by atoms with Crippen LogP contribution in [0.4, 0.5) is 0 Å². The Bertz CT molecular complexity index is 423. The first-order valence-corrected chi connectivity index (χ1v) is 7.45. The molecule has 19 heavy (non-hydrogen) atoms. The second-order valence-electron chi connectivity index (χ2n) is 5.55. The number of methoxy groups -OCH3 is 1. The third kappa shape index (κ3) is 2.71. The smallest absolute Gasteiger partial charge is 0.166 e. The summed E-state index contributed by atoms with van der Waals surface area (Å²) in [7, 11) is 1.72. The monoisotopic (exact) mass is 261 g/mol. The Morgan fingerprint density at radius 3 is 2.63 bits per heavy atom. The lowest BCUT2D eigenvalue weighted by Gasteiger charge is -2.31. The fraction of sp³-hybridized carbons (Fsp3) is 0.625. The van der Waals surface area contributed by atoms with Crippen molar-refractivity contribution < 1.29 is 9.47 Å². The van der Waals surface area contributed by atoms with Crippen LogP contribution in [-0.4, -0.2) is 19.8 Å². The molecule has 1 unspecified atom stereocenters. The van der Waals surface area contributed by atoms with E-state index in [1.165, 1.54) is 44.1 Å². The van der Waals surface area contributed by atoms with Crippen LogP contribution in [0.25, 0.3) is 0 Å². The number of para-hydroxylation sites is 1. The van der Waals surface area contributed by atoms with Crippen molar-refractivity contribution in [3.05, 3.63) is 23.8 Å². The van der Waals surface area contributed by atoms with Crippen LogP contribution in [0, 0.1) is 0 Å². The lowest BCUT2D eigenvalue weighted by Crippen LogP contribution is -2.29. The summed E-state index contributed by atoms with van der Waals surface area (Å²) < 4.78 is 11.7. The molecule has 2 fully saturated rings. The Kier molecular flexibility index (Phi) is 3.92. The summed E-state index contributed by atoms with van der Waals surface area (Å²) in [6.07, 6.45) is 7.78. The minimum absolute atomic E-state index is 0.388. The van der Waals surface area contributed by atoms with Crippen LogP contribution in [0.3, 0.4) is 0 Å². The number of nitrogens with one attached hydrogen (secondary N) is 1. The summed E-state index contributed by atoms with van der Waals surface area (Å²) in [5.74, 6) is 1.84. The molecule has 1 aromatic rings. The van der Waals surface area contributed by atoms with Gasteiger partial charge >= 0.3 is 0 Å². The molecule has 3 heteroatoms. The van der Waals surface area contributed by atoms with Gasteiger partial charge in [0.2, 0.25) is 0 Å². The van der Waals surface area contributed by atoms with Gasteiger partial charge < -0.3 is 14.8 Å².